The van der Waals surface area contributed by atoms with Crippen molar-refractivity contribution in [3.05, 3.63) is 34.7 Å². The third kappa shape index (κ3) is 16.4. The van der Waals surface area contributed by atoms with Crippen molar-refractivity contribution in [2.24, 2.45) is 5.41 Å². The molecule has 1 nitrogen and oxygen atoms in total. The van der Waals surface area contributed by atoms with Crippen LogP contribution in [0.3, 0.4) is 0 Å². The number of hydrogen-bond acceptors (Lipinski definition) is 1. The molecule has 3 heteroatoms. The van der Waals surface area contributed by atoms with E-state index < -0.39 is 8.07 Å². The number of rotatable bonds is 13. The first-order valence-electron chi connectivity index (χ1n) is 11.4. The maximum atomic E-state index is 14.3. The number of carbonyl (C=O) groups is 1. The number of aldehydes is 1. The molecule has 0 spiro atoms. The van der Waals surface area contributed by atoms with Gasteiger partial charge < -0.3 is 4.79 Å². The lowest BCUT2D eigenvalue weighted by Gasteiger charge is -2.20. The molecule has 0 aliphatic carbocycles. The first-order valence-corrected chi connectivity index (χ1v) is 15.1. The molecule has 170 valence electrons. The first kappa shape index (κ1) is 28.6. The smallest absolute Gasteiger partial charge is 0.120 e. The quantitative estimate of drug-likeness (QED) is 0.123. The van der Waals surface area contributed by atoms with Crippen LogP contribution in [0, 0.1) is 17.3 Å². The molecule has 0 amide bonds. The molecule has 0 bridgehead atoms. The standard InChI is InChI=1S/C27H45FOSi/c1-23(14-12-21-29)13-11-15-26(28)25(3)17-16-24(2)18-20-27(4,5)19-9-10-22-30(6,7)8/h13,18,21H,11-12,14-17,19-20,22H2,1-8H3/b23-13+,24-18-,26-25-. The van der Waals surface area contributed by atoms with Gasteiger partial charge in [-0.3, -0.25) is 0 Å². The van der Waals surface area contributed by atoms with Crippen molar-refractivity contribution in [1.82, 2.24) is 0 Å². The summed E-state index contributed by atoms with van der Waals surface area (Å²) in [4.78, 5) is 10.4. The monoisotopic (exact) mass is 432 g/mol. The molecule has 0 aromatic heterocycles. The van der Waals surface area contributed by atoms with Gasteiger partial charge in [-0.15, -0.1) is 11.8 Å². The van der Waals surface area contributed by atoms with Crippen molar-refractivity contribution in [2.75, 3.05) is 0 Å². The van der Waals surface area contributed by atoms with Gasteiger partial charge in [0.2, 0.25) is 0 Å². The Bertz CT molecular complexity index is 678. The van der Waals surface area contributed by atoms with Gasteiger partial charge in [0.25, 0.3) is 0 Å². The minimum Gasteiger partial charge on any atom is -0.303 e. The highest BCUT2D eigenvalue weighted by Crippen LogP contribution is 2.27. The Balaban J connectivity index is 4.47. The molecule has 0 heterocycles. The molecule has 0 rings (SSSR count). The second kappa shape index (κ2) is 14.6. The van der Waals surface area contributed by atoms with E-state index in [9.17, 15) is 9.18 Å². The fourth-order valence-electron chi connectivity index (χ4n) is 2.82. The van der Waals surface area contributed by atoms with Gasteiger partial charge in [-0.05, 0) is 63.9 Å². The van der Waals surface area contributed by atoms with Crippen LogP contribution in [-0.2, 0) is 4.79 Å². The van der Waals surface area contributed by atoms with E-state index >= 15 is 0 Å². The average Bonchev–Trinajstić information content (AvgIpc) is 2.65. The van der Waals surface area contributed by atoms with Gasteiger partial charge in [-0.1, -0.05) is 56.8 Å². The molecular weight excluding hydrogens is 387 g/mol. The predicted octanol–water partition coefficient (Wildman–Crippen LogP) is 8.81. The van der Waals surface area contributed by atoms with E-state index in [1.165, 1.54) is 11.1 Å². The van der Waals surface area contributed by atoms with E-state index in [1.54, 1.807) is 0 Å². The molecular formula is C27H45FOSi. The highest BCUT2D eigenvalue weighted by atomic mass is 28.3. The minimum atomic E-state index is -1.08. The topological polar surface area (TPSA) is 17.1 Å². The Morgan fingerprint density at radius 1 is 0.900 bits per heavy atom. The number of allylic oxidation sites excluding steroid dienone is 6. The molecule has 0 aliphatic heterocycles. The van der Waals surface area contributed by atoms with Crippen LogP contribution in [0.4, 0.5) is 4.39 Å². The lowest BCUT2D eigenvalue weighted by molar-refractivity contribution is -0.107. The van der Waals surface area contributed by atoms with Gasteiger partial charge in [0, 0.05) is 25.3 Å². The summed E-state index contributed by atoms with van der Waals surface area (Å²) in [5.41, 5.74) is 3.53. The predicted molar refractivity (Wildman–Crippen MR) is 134 cm³/mol. The van der Waals surface area contributed by atoms with Crippen LogP contribution >= 0.6 is 0 Å². The summed E-state index contributed by atoms with van der Waals surface area (Å²) in [6.07, 6.45) is 11.4. The van der Waals surface area contributed by atoms with E-state index in [-0.39, 0.29) is 11.2 Å². The summed E-state index contributed by atoms with van der Waals surface area (Å²) >= 11 is 0. The maximum Gasteiger partial charge on any atom is 0.120 e. The Hall–Kier alpha value is -1.40. The van der Waals surface area contributed by atoms with Crippen molar-refractivity contribution in [3.8, 4) is 11.8 Å². The van der Waals surface area contributed by atoms with Gasteiger partial charge in [0.1, 0.15) is 6.29 Å². The minimum absolute atomic E-state index is 0.0141. The summed E-state index contributed by atoms with van der Waals surface area (Å²) in [5.74, 6) is 6.78. The molecule has 30 heavy (non-hydrogen) atoms. The van der Waals surface area contributed by atoms with E-state index in [2.05, 4.69) is 64.4 Å². The summed E-state index contributed by atoms with van der Waals surface area (Å²) in [7, 11) is -1.08. The number of carbonyl (C=O) groups excluding carboxylic acids is 1. The lowest BCUT2D eigenvalue weighted by Crippen LogP contribution is -2.17. The highest BCUT2D eigenvalue weighted by Gasteiger charge is 2.15. The van der Waals surface area contributed by atoms with Crippen LogP contribution in [0.15, 0.2) is 34.7 Å². The van der Waals surface area contributed by atoms with Crippen molar-refractivity contribution in [3.63, 3.8) is 0 Å². The second-order valence-corrected chi connectivity index (χ2v) is 16.1. The molecule has 0 aromatic rings. The highest BCUT2D eigenvalue weighted by molar-refractivity contribution is 6.76. The molecule has 0 aliphatic rings. The fourth-order valence-corrected chi connectivity index (χ4v) is 3.48. The van der Waals surface area contributed by atoms with E-state index in [0.717, 1.165) is 50.0 Å². The summed E-state index contributed by atoms with van der Waals surface area (Å²) < 4.78 is 14.3. The van der Waals surface area contributed by atoms with Crippen LogP contribution < -0.4 is 0 Å². The molecule has 0 unspecified atom stereocenters. The number of hydrogen-bond donors (Lipinski definition) is 0. The van der Waals surface area contributed by atoms with E-state index in [0.29, 0.717) is 19.3 Å². The Morgan fingerprint density at radius 3 is 2.13 bits per heavy atom. The van der Waals surface area contributed by atoms with Gasteiger partial charge in [-0.25, -0.2) is 4.39 Å². The van der Waals surface area contributed by atoms with Crippen LogP contribution in [-0.4, -0.2) is 14.4 Å². The van der Waals surface area contributed by atoms with Gasteiger partial charge >= 0.3 is 0 Å². The van der Waals surface area contributed by atoms with Crippen molar-refractivity contribution in [1.29, 1.82) is 0 Å². The van der Waals surface area contributed by atoms with Crippen molar-refractivity contribution in [2.45, 2.75) is 112 Å². The SMILES string of the molecule is C/C(=C/CC(C)(C)CC#CC[Si](C)(C)C)CC/C(C)=C(\F)CC/C=C(\C)CCC=O. The fraction of sp³-hybridized carbons (Fsp3) is 0.667. The summed E-state index contributed by atoms with van der Waals surface area (Å²) in [6.45, 7) is 17.7. The Morgan fingerprint density at radius 2 is 1.53 bits per heavy atom. The summed E-state index contributed by atoms with van der Waals surface area (Å²) in [5, 5.41) is 0. The summed E-state index contributed by atoms with van der Waals surface area (Å²) in [6, 6.07) is 1.07. The molecule has 0 radical (unpaired) electrons. The Labute approximate surface area is 187 Å². The molecule has 0 aromatic carbocycles. The normalized spacial score (nSPS) is 14.2. The molecule has 0 N–H and O–H groups in total. The third-order valence-electron chi connectivity index (χ3n) is 5.18. The largest absolute Gasteiger partial charge is 0.303 e. The van der Waals surface area contributed by atoms with E-state index in [1.807, 2.05) is 13.8 Å². The van der Waals surface area contributed by atoms with Crippen LogP contribution in [0.1, 0.15) is 86.0 Å². The molecule has 0 saturated carbocycles. The zero-order chi connectivity index (χ0) is 23.2. The van der Waals surface area contributed by atoms with Gasteiger partial charge in [0.15, 0.2) is 0 Å². The van der Waals surface area contributed by atoms with Gasteiger partial charge in [-0.2, -0.15) is 0 Å². The van der Waals surface area contributed by atoms with Crippen LogP contribution in [0.2, 0.25) is 25.7 Å². The maximum absolute atomic E-state index is 14.3. The van der Waals surface area contributed by atoms with E-state index in [4.69, 9.17) is 0 Å². The van der Waals surface area contributed by atoms with Crippen molar-refractivity contribution >= 4 is 14.4 Å². The third-order valence-corrected chi connectivity index (χ3v) is 6.42. The van der Waals surface area contributed by atoms with Crippen LogP contribution in [0.5, 0.6) is 0 Å². The Kier molecular flexibility index (Phi) is 13.9. The lowest BCUT2D eigenvalue weighted by atomic mass is 9.85. The zero-order valence-corrected chi connectivity index (χ0v) is 21.9. The molecule has 0 atom stereocenters. The number of halogens is 1. The van der Waals surface area contributed by atoms with Gasteiger partial charge in [0.05, 0.1) is 13.9 Å². The second-order valence-electron chi connectivity index (χ2n) is 10.7. The van der Waals surface area contributed by atoms with Crippen LogP contribution in [0.25, 0.3) is 0 Å². The average molecular weight is 433 g/mol. The molecule has 0 fully saturated rings. The van der Waals surface area contributed by atoms with Crippen molar-refractivity contribution < 1.29 is 9.18 Å². The first-order chi connectivity index (χ1) is 13.9. The zero-order valence-electron chi connectivity index (χ0n) is 20.9. The molecule has 0 saturated heterocycles.